The number of hydrogen-bond acceptors (Lipinski definition) is 7. The van der Waals surface area contributed by atoms with Crippen LogP contribution in [0.15, 0.2) is 66.7 Å². The van der Waals surface area contributed by atoms with Crippen LogP contribution in [0.4, 0.5) is 5.69 Å². The van der Waals surface area contributed by atoms with Gasteiger partial charge in [-0.1, -0.05) is 42.5 Å². The van der Waals surface area contributed by atoms with Crippen molar-refractivity contribution in [1.29, 1.82) is 0 Å². The van der Waals surface area contributed by atoms with Gasteiger partial charge in [-0.3, -0.25) is 29.4 Å². The van der Waals surface area contributed by atoms with Crippen molar-refractivity contribution in [1.82, 2.24) is 4.90 Å². The third-order valence-electron chi connectivity index (χ3n) is 7.11. The van der Waals surface area contributed by atoms with Crippen molar-refractivity contribution >= 4 is 29.3 Å². The van der Waals surface area contributed by atoms with Crippen LogP contribution in [0.5, 0.6) is 0 Å². The highest BCUT2D eigenvalue weighted by atomic mass is 16.6. The number of nitrogens with zero attached hydrogens (tertiary/aromatic N) is 2. The summed E-state index contributed by atoms with van der Waals surface area (Å²) in [6.45, 7) is -0.613. The average molecular weight is 474 g/mol. The molecular formula is C26H22N2O7. The van der Waals surface area contributed by atoms with E-state index in [1.165, 1.54) is 24.3 Å². The molecule has 2 aromatic rings. The monoisotopic (exact) mass is 474 g/mol. The molecule has 0 spiro atoms. The number of nitro groups is 1. The molecule has 0 unspecified atom stereocenters. The molecule has 2 aliphatic carbocycles. The number of Topliss-reactive ketones (excluding diaryl/α,β-unsaturated/α-hetero) is 1. The quantitative estimate of drug-likeness (QED) is 0.144. The van der Waals surface area contributed by atoms with E-state index in [9.17, 15) is 29.3 Å². The largest absolute Gasteiger partial charge is 0.456 e. The molecule has 2 bridgehead atoms. The number of carbonyl (C=O) groups is 4. The molecule has 9 heteroatoms. The fourth-order valence-electron chi connectivity index (χ4n) is 5.44. The maximum absolute atomic E-state index is 13.3. The first-order valence-corrected chi connectivity index (χ1v) is 11.4. The summed E-state index contributed by atoms with van der Waals surface area (Å²) >= 11 is 0. The number of benzene rings is 2. The van der Waals surface area contributed by atoms with E-state index in [2.05, 4.69) is 0 Å². The van der Waals surface area contributed by atoms with E-state index in [0.717, 1.165) is 16.9 Å². The number of rotatable bonds is 8. The number of imide groups is 1. The van der Waals surface area contributed by atoms with Crippen molar-refractivity contribution in [2.75, 3.05) is 6.61 Å². The number of amides is 2. The number of ether oxygens (including phenoxy) is 1. The van der Waals surface area contributed by atoms with E-state index in [-0.39, 0.29) is 41.3 Å². The number of fused-ring (bicyclic) bond motifs is 5. The predicted octanol–water partition coefficient (Wildman–Crippen LogP) is 2.74. The highest BCUT2D eigenvalue weighted by molar-refractivity contribution is 6.09. The second-order valence-electron chi connectivity index (χ2n) is 9.09. The minimum Gasteiger partial charge on any atom is -0.456 e. The molecule has 178 valence electrons. The van der Waals surface area contributed by atoms with Crippen LogP contribution < -0.4 is 0 Å². The van der Waals surface area contributed by atoms with Crippen LogP contribution in [0.1, 0.15) is 22.3 Å². The maximum atomic E-state index is 13.3. The summed E-state index contributed by atoms with van der Waals surface area (Å²) in [6, 6.07) is 12.8. The minimum absolute atomic E-state index is 0.00330. The van der Waals surface area contributed by atoms with Crippen molar-refractivity contribution < 1.29 is 28.8 Å². The van der Waals surface area contributed by atoms with Crippen LogP contribution in [0.2, 0.25) is 0 Å². The molecular weight excluding hydrogens is 452 g/mol. The Morgan fingerprint density at radius 2 is 1.57 bits per heavy atom. The summed E-state index contributed by atoms with van der Waals surface area (Å²) in [4.78, 5) is 63.6. The lowest BCUT2D eigenvalue weighted by Crippen LogP contribution is -2.48. The smallest absolute Gasteiger partial charge is 0.330 e. The summed E-state index contributed by atoms with van der Waals surface area (Å²) in [5.74, 6) is -3.02. The van der Waals surface area contributed by atoms with Gasteiger partial charge in [0.2, 0.25) is 11.8 Å². The van der Waals surface area contributed by atoms with Gasteiger partial charge in [0.15, 0.2) is 12.4 Å². The van der Waals surface area contributed by atoms with Gasteiger partial charge in [0.05, 0.1) is 16.8 Å². The first kappa shape index (κ1) is 22.6. The molecule has 1 saturated heterocycles. The molecule has 1 saturated carbocycles. The third-order valence-corrected chi connectivity index (χ3v) is 7.11. The number of allylic oxidation sites excluding steroid dienone is 2. The Balaban J connectivity index is 1.34. The molecule has 2 aromatic carbocycles. The molecule has 9 nitrogen and oxygen atoms in total. The topological polar surface area (TPSA) is 124 Å². The van der Waals surface area contributed by atoms with Crippen molar-refractivity contribution in [2.45, 2.75) is 18.9 Å². The normalized spacial score (nSPS) is 25.0. The Kier molecular flexibility index (Phi) is 5.76. The molecule has 5 atom stereocenters. The van der Waals surface area contributed by atoms with Gasteiger partial charge in [-0.05, 0) is 36.0 Å². The lowest BCUT2D eigenvalue weighted by molar-refractivity contribution is -0.384. The molecule has 0 radical (unpaired) electrons. The Morgan fingerprint density at radius 3 is 2.14 bits per heavy atom. The third kappa shape index (κ3) is 4.03. The van der Waals surface area contributed by atoms with Gasteiger partial charge in [-0.25, -0.2) is 4.79 Å². The molecule has 5 rings (SSSR count). The fourth-order valence-corrected chi connectivity index (χ4v) is 5.44. The molecule has 35 heavy (non-hydrogen) atoms. The van der Waals surface area contributed by atoms with Crippen LogP contribution in [-0.4, -0.2) is 46.0 Å². The number of esters is 1. The van der Waals surface area contributed by atoms with Gasteiger partial charge in [0.25, 0.3) is 5.69 Å². The van der Waals surface area contributed by atoms with Crippen LogP contribution in [0.25, 0.3) is 0 Å². The van der Waals surface area contributed by atoms with Gasteiger partial charge in [0, 0.05) is 24.1 Å². The lowest BCUT2D eigenvalue weighted by Gasteiger charge is -2.26. The van der Waals surface area contributed by atoms with E-state index in [0.29, 0.717) is 0 Å². The summed E-state index contributed by atoms with van der Waals surface area (Å²) < 4.78 is 5.29. The van der Waals surface area contributed by atoms with Crippen LogP contribution in [0, 0.1) is 33.8 Å². The average Bonchev–Trinajstić information content (AvgIpc) is 3.55. The van der Waals surface area contributed by atoms with Gasteiger partial charge >= 0.3 is 5.97 Å². The zero-order chi connectivity index (χ0) is 24.7. The van der Waals surface area contributed by atoms with E-state index in [1.54, 1.807) is 24.3 Å². The van der Waals surface area contributed by atoms with E-state index >= 15 is 0 Å². The van der Waals surface area contributed by atoms with Crippen molar-refractivity contribution in [3.63, 3.8) is 0 Å². The second-order valence-corrected chi connectivity index (χ2v) is 9.09. The number of carbonyl (C=O) groups excluding carboxylic acids is 4. The Morgan fingerprint density at radius 1 is 0.971 bits per heavy atom. The summed E-state index contributed by atoms with van der Waals surface area (Å²) in [5.41, 5.74) is 0.727. The number of non-ortho nitro benzene ring substituents is 1. The first-order valence-electron chi connectivity index (χ1n) is 11.4. The van der Waals surface area contributed by atoms with E-state index in [1.807, 2.05) is 18.2 Å². The number of hydrogen-bond donors (Lipinski definition) is 0. The van der Waals surface area contributed by atoms with Crippen LogP contribution in [-0.2, 0) is 25.5 Å². The van der Waals surface area contributed by atoms with Crippen LogP contribution in [0.3, 0.4) is 0 Å². The van der Waals surface area contributed by atoms with Crippen LogP contribution >= 0.6 is 0 Å². The van der Waals surface area contributed by atoms with Crippen molar-refractivity contribution in [3.8, 4) is 0 Å². The van der Waals surface area contributed by atoms with E-state index < -0.39 is 41.2 Å². The maximum Gasteiger partial charge on any atom is 0.330 e. The molecule has 1 aliphatic heterocycles. The number of nitro benzene ring substituents is 1. The van der Waals surface area contributed by atoms with Gasteiger partial charge in [0.1, 0.15) is 6.04 Å². The lowest BCUT2D eigenvalue weighted by atomic mass is 9.85. The number of likely N-dealkylation sites (tertiary alicyclic amines) is 1. The zero-order valence-corrected chi connectivity index (χ0v) is 18.6. The van der Waals surface area contributed by atoms with Gasteiger partial charge in [-0.2, -0.15) is 0 Å². The fraction of sp³-hybridized carbons (Fsp3) is 0.308. The molecule has 0 N–H and O–H groups in total. The van der Waals surface area contributed by atoms with Gasteiger partial charge in [-0.15, -0.1) is 0 Å². The highest BCUT2D eigenvalue weighted by Gasteiger charge is 2.61. The molecule has 3 aliphatic rings. The minimum atomic E-state index is -1.19. The number of ketones is 1. The standard InChI is InChI=1S/C26H22N2O7/c29-21(16-8-10-19(11-9-16)28(33)34)14-35-26(32)20(12-15-4-2-1-3-5-15)27-24(30)22-17-6-7-18(13-17)23(22)25(27)31/h1-11,17-18,20,22-23H,12-14H2/t17-,18-,20-,22+,23+/m0/s1. The summed E-state index contributed by atoms with van der Waals surface area (Å²) in [5, 5.41) is 10.8. The van der Waals surface area contributed by atoms with Gasteiger partial charge < -0.3 is 4.74 Å². The predicted molar refractivity (Wildman–Crippen MR) is 122 cm³/mol. The zero-order valence-electron chi connectivity index (χ0n) is 18.6. The SMILES string of the molecule is O=C(COC(=O)[C@H](Cc1ccccc1)N1C(=O)[C@H]2[C@H](C1=O)[C@H]1C=C[C@H]2C1)c1ccc([N+](=O)[O-])cc1. The van der Waals surface area contributed by atoms with E-state index in [4.69, 9.17) is 4.74 Å². The highest BCUT2D eigenvalue weighted by Crippen LogP contribution is 2.53. The van der Waals surface area contributed by atoms with Crippen molar-refractivity contribution in [2.24, 2.45) is 23.7 Å². The molecule has 1 heterocycles. The van der Waals surface area contributed by atoms with Crippen molar-refractivity contribution in [3.05, 3.63) is 88.0 Å². The Labute approximate surface area is 200 Å². The Bertz CT molecular complexity index is 1210. The molecule has 0 aromatic heterocycles. The summed E-state index contributed by atoms with van der Waals surface area (Å²) in [6.07, 6.45) is 4.81. The molecule has 2 fully saturated rings. The first-order chi connectivity index (χ1) is 16.8. The Hall–Kier alpha value is -4.14. The summed E-state index contributed by atoms with van der Waals surface area (Å²) in [7, 11) is 0. The second kappa shape index (κ2) is 8.90. The molecule has 2 amide bonds.